The molecule has 0 saturated carbocycles. The number of rotatable bonds is 0. The molecule has 1 aliphatic heterocycles. The summed E-state index contributed by atoms with van der Waals surface area (Å²) in [5, 5.41) is 8.19. The normalized spacial score (nSPS) is 12.9. The first-order valence-corrected chi connectivity index (χ1v) is 5.68. The Balaban J connectivity index is 0.000000317. The fourth-order valence-corrected chi connectivity index (χ4v) is 1.92. The van der Waals surface area contributed by atoms with Crippen molar-refractivity contribution >= 4 is 40.9 Å². The van der Waals surface area contributed by atoms with Gasteiger partial charge in [0.15, 0.2) is 5.82 Å². The second-order valence-corrected chi connectivity index (χ2v) is 4.24. The predicted octanol–water partition coefficient (Wildman–Crippen LogP) is 0.930. The summed E-state index contributed by atoms with van der Waals surface area (Å²) in [7, 11) is 0. The molecule has 0 aliphatic carbocycles. The molecule has 1 aliphatic rings. The zero-order chi connectivity index (χ0) is 13.0. The van der Waals surface area contributed by atoms with Gasteiger partial charge in [-0.25, -0.2) is 4.98 Å². The maximum absolute atomic E-state index is 9.00. The van der Waals surface area contributed by atoms with Crippen LogP contribution in [-0.4, -0.2) is 32.5 Å². The minimum atomic E-state index is -0.833. The third-order valence-corrected chi connectivity index (χ3v) is 2.74. The molecular weight excluding hydrogens is 242 g/mol. The smallest absolute Gasteiger partial charge is 0.300 e. The third kappa shape index (κ3) is 3.91. The van der Waals surface area contributed by atoms with E-state index >= 15 is 0 Å². The predicted molar refractivity (Wildman–Crippen MR) is 67.7 cm³/mol. The summed E-state index contributed by atoms with van der Waals surface area (Å²) in [6.45, 7) is 3.03. The van der Waals surface area contributed by atoms with Crippen LogP contribution in [0, 0.1) is 0 Å². The molecule has 0 bridgehead atoms. The van der Waals surface area contributed by atoms with Gasteiger partial charge in [0, 0.05) is 18.4 Å². The fourth-order valence-electron chi connectivity index (χ4n) is 1.07. The summed E-state index contributed by atoms with van der Waals surface area (Å²) in [5.74, 6) is 0.565. The first-order chi connectivity index (χ1) is 7.90. The lowest BCUT2D eigenvalue weighted by Crippen LogP contribution is -2.07. The van der Waals surface area contributed by atoms with E-state index in [0.29, 0.717) is 11.5 Å². The number of aliphatic imine (C=N–C) groups is 1. The minimum Gasteiger partial charge on any atom is -0.481 e. The maximum Gasteiger partial charge on any atom is 0.300 e. The highest BCUT2D eigenvalue weighted by Crippen LogP contribution is 2.35. The van der Waals surface area contributed by atoms with Crippen LogP contribution in [0.25, 0.3) is 0 Å². The van der Waals surface area contributed by atoms with E-state index in [9.17, 15) is 0 Å². The van der Waals surface area contributed by atoms with Crippen LogP contribution in [-0.2, 0) is 4.79 Å². The Morgan fingerprint density at radius 2 is 2.00 bits per heavy atom. The molecule has 17 heavy (non-hydrogen) atoms. The lowest BCUT2D eigenvalue weighted by atomic mass is 10.4. The van der Waals surface area contributed by atoms with Crippen LogP contribution in [0.4, 0.5) is 17.5 Å². The molecule has 5 N–H and O–H groups in total. The van der Waals surface area contributed by atoms with Gasteiger partial charge in [0.25, 0.3) is 5.97 Å². The molecule has 1 aromatic heterocycles. The largest absolute Gasteiger partial charge is 0.481 e. The van der Waals surface area contributed by atoms with Gasteiger partial charge in [-0.1, -0.05) is 11.8 Å². The van der Waals surface area contributed by atoms with E-state index in [-0.39, 0.29) is 5.95 Å². The van der Waals surface area contributed by atoms with Crippen LogP contribution in [0.3, 0.4) is 0 Å². The Bertz CT molecular complexity index is 471. The van der Waals surface area contributed by atoms with Crippen LogP contribution in [0.15, 0.2) is 10.0 Å². The quantitative estimate of drug-likeness (QED) is 0.588. The number of carboxylic acid groups (broad SMARTS) is 1. The Labute approximate surface area is 102 Å². The number of hydrogen-bond donors (Lipinski definition) is 3. The average molecular weight is 255 g/mol. The fraction of sp³-hybridized carbons (Fsp3) is 0.333. The van der Waals surface area contributed by atoms with Gasteiger partial charge in [0.1, 0.15) is 10.7 Å². The molecule has 0 saturated heterocycles. The number of aromatic nitrogens is 2. The van der Waals surface area contributed by atoms with Gasteiger partial charge in [0.05, 0.1) is 0 Å². The topological polar surface area (TPSA) is 127 Å². The van der Waals surface area contributed by atoms with E-state index in [1.165, 1.54) is 0 Å². The molecular formula is C9H13N5O2S. The van der Waals surface area contributed by atoms with Gasteiger partial charge in [0.2, 0.25) is 5.95 Å². The number of anilines is 2. The number of carbonyl (C=O) groups is 1. The lowest BCUT2D eigenvalue weighted by Gasteiger charge is -2.12. The Hall–Kier alpha value is -1.83. The number of aliphatic carboxylic acids is 1. The summed E-state index contributed by atoms with van der Waals surface area (Å²) in [4.78, 5) is 21.2. The van der Waals surface area contributed by atoms with E-state index in [4.69, 9.17) is 21.4 Å². The number of carboxylic acids is 1. The van der Waals surface area contributed by atoms with E-state index in [1.54, 1.807) is 11.8 Å². The molecule has 8 heteroatoms. The summed E-state index contributed by atoms with van der Waals surface area (Å²) < 4.78 is 0. The molecule has 0 spiro atoms. The zero-order valence-electron chi connectivity index (χ0n) is 9.47. The molecule has 0 atom stereocenters. The second kappa shape index (κ2) is 5.48. The number of nitrogen functional groups attached to an aromatic ring is 2. The molecule has 92 valence electrons. The molecule has 0 unspecified atom stereocenters. The number of hydrogen-bond acceptors (Lipinski definition) is 7. The van der Waals surface area contributed by atoms with E-state index in [0.717, 1.165) is 23.4 Å². The van der Waals surface area contributed by atoms with Gasteiger partial charge in [-0.2, -0.15) is 4.98 Å². The molecule has 0 aromatic carbocycles. The van der Waals surface area contributed by atoms with Gasteiger partial charge >= 0.3 is 0 Å². The zero-order valence-corrected chi connectivity index (χ0v) is 10.3. The van der Waals surface area contributed by atoms with Crippen molar-refractivity contribution in [2.45, 2.75) is 18.9 Å². The molecule has 7 nitrogen and oxygen atoms in total. The monoisotopic (exact) mass is 255 g/mol. The van der Waals surface area contributed by atoms with E-state index in [2.05, 4.69) is 15.0 Å². The highest BCUT2D eigenvalue weighted by Gasteiger charge is 2.15. The van der Waals surface area contributed by atoms with Crippen LogP contribution in [0.5, 0.6) is 0 Å². The average Bonchev–Trinajstić information content (AvgIpc) is 2.18. The van der Waals surface area contributed by atoms with Crippen molar-refractivity contribution in [3.05, 3.63) is 0 Å². The van der Waals surface area contributed by atoms with Crippen molar-refractivity contribution in [2.24, 2.45) is 4.99 Å². The van der Waals surface area contributed by atoms with Crippen LogP contribution >= 0.6 is 11.8 Å². The van der Waals surface area contributed by atoms with E-state index < -0.39 is 5.97 Å². The summed E-state index contributed by atoms with van der Waals surface area (Å²) in [6.07, 6.45) is 0. The third-order valence-electron chi connectivity index (χ3n) is 1.62. The van der Waals surface area contributed by atoms with Crippen molar-refractivity contribution in [3.8, 4) is 0 Å². The first kappa shape index (κ1) is 13.2. The Morgan fingerprint density at radius 3 is 2.59 bits per heavy atom. The first-order valence-electron chi connectivity index (χ1n) is 4.69. The van der Waals surface area contributed by atoms with Crippen LogP contribution in [0.1, 0.15) is 13.8 Å². The Kier molecular flexibility index (Phi) is 4.27. The van der Waals surface area contributed by atoms with Crippen molar-refractivity contribution in [3.63, 3.8) is 0 Å². The summed E-state index contributed by atoms with van der Waals surface area (Å²) in [6, 6.07) is 0. The van der Waals surface area contributed by atoms with Crippen molar-refractivity contribution < 1.29 is 9.90 Å². The molecule has 2 rings (SSSR count). The summed E-state index contributed by atoms with van der Waals surface area (Å²) >= 11 is 1.58. The van der Waals surface area contributed by atoms with E-state index in [1.807, 2.05) is 6.92 Å². The maximum atomic E-state index is 9.00. The highest BCUT2D eigenvalue weighted by molar-refractivity contribution is 8.00. The number of nitrogens with zero attached hydrogens (tertiary/aromatic N) is 3. The summed E-state index contributed by atoms with van der Waals surface area (Å²) in [5.41, 5.74) is 12.8. The number of nitrogens with two attached hydrogens (primary N) is 2. The highest BCUT2D eigenvalue weighted by atomic mass is 32.2. The molecule has 0 radical (unpaired) electrons. The standard InChI is InChI=1S/C7H9N5S.C2H4O2/c1-3-2-13-6-4(10-3)5(8)11-7(9)12-6;1-2(3)4/h2H2,1H3,(H4,8,9,11,12);1H3,(H,3,4). The van der Waals surface area contributed by atoms with Gasteiger partial charge in [-0.05, 0) is 6.92 Å². The van der Waals surface area contributed by atoms with Crippen molar-refractivity contribution in [2.75, 3.05) is 17.2 Å². The minimum absolute atomic E-state index is 0.207. The molecule has 0 amide bonds. The molecule has 0 fully saturated rings. The van der Waals surface area contributed by atoms with Crippen molar-refractivity contribution in [1.29, 1.82) is 0 Å². The van der Waals surface area contributed by atoms with Crippen molar-refractivity contribution in [1.82, 2.24) is 9.97 Å². The van der Waals surface area contributed by atoms with Gasteiger partial charge < -0.3 is 16.6 Å². The second-order valence-electron chi connectivity index (χ2n) is 3.28. The number of thioether (sulfide) groups is 1. The Morgan fingerprint density at radius 1 is 1.41 bits per heavy atom. The van der Waals surface area contributed by atoms with Crippen LogP contribution in [0.2, 0.25) is 0 Å². The lowest BCUT2D eigenvalue weighted by molar-refractivity contribution is -0.134. The SMILES string of the molecule is CC(=O)O.CC1=Nc2c(N)nc(N)nc2SC1. The van der Waals surface area contributed by atoms with Gasteiger partial charge in [-0.3, -0.25) is 9.79 Å². The number of fused-ring (bicyclic) bond motifs is 1. The van der Waals surface area contributed by atoms with Gasteiger partial charge in [-0.15, -0.1) is 0 Å². The molecule has 2 heterocycles. The van der Waals surface area contributed by atoms with Crippen LogP contribution < -0.4 is 11.5 Å². The molecule has 1 aromatic rings.